The average Bonchev–Trinajstić information content (AvgIpc) is 2.75. The summed E-state index contributed by atoms with van der Waals surface area (Å²) < 4.78 is 6.22. The van der Waals surface area contributed by atoms with Crippen molar-refractivity contribution in [1.29, 1.82) is 0 Å². The lowest BCUT2D eigenvalue weighted by Crippen LogP contribution is -2.60. The number of halogens is 1. The zero-order valence-corrected chi connectivity index (χ0v) is 18.7. The molecular weight excluding hydrogens is 430 g/mol. The van der Waals surface area contributed by atoms with Gasteiger partial charge in [-0.05, 0) is 43.5 Å². The first kappa shape index (κ1) is 21.4. The van der Waals surface area contributed by atoms with Crippen molar-refractivity contribution in [3.63, 3.8) is 0 Å². The lowest BCUT2D eigenvalue weighted by atomic mass is 9.85. The van der Waals surface area contributed by atoms with Crippen LogP contribution in [0, 0.1) is 5.92 Å². The molecule has 1 aliphatic rings. The third-order valence-electron chi connectivity index (χ3n) is 5.48. The molecule has 2 aromatic carbocycles. The van der Waals surface area contributed by atoms with Crippen molar-refractivity contribution < 1.29 is 9.53 Å². The molecule has 5 nitrogen and oxygen atoms in total. The first-order chi connectivity index (χ1) is 14.0. The third-order valence-corrected chi connectivity index (χ3v) is 6.00. The number of guanidine groups is 1. The SMILES string of the molecule is CCN1C(=NCCc2ccc(Br)cc2)N[C@@H](c2ccccc2)[C@H](C(=O)OC)[C@H]1C. The predicted octanol–water partition coefficient (Wildman–Crippen LogP) is 4.19. The van der Waals surface area contributed by atoms with Crippen LogP contribution in [0.25, 0.3) is 0 Å². The van der Waals surface area contributed by atoms with Gasteiger partial charge in [0.25, 0.3) is 0 Å². The molecule has 1 N–H and O–H groups in total. The fourth-order valence-electron chi connectivity index (χ4n) is 3.91. The van der Waals surface area contributed by atoms with Gasteiger partial charge in [0.15, 0.2) is 5.96 Å². The van der Waals surface area contributed by atoms with Gasteiger partial charge in [-0.3, -0.25) is 9.79 Å². The molecule has 1 saturated heterocycles. The number of carbonyl (C=O) groups excluding carboxylic acids is 1. The van der Waals surface area contributed by atoms with Gasteiger partial charge >= 0.3 is 5.97 Å². The number of ether oxygens (including phenoxy) is 1. The van der Waals surface area contributed by atoms with Crippen LogP contribution < -0.4 is 5.32 Å². The van der Waals surface area contributed by atoms with Crippen molar-refractivity contribution in [2.75, 3.05) is 20.2 Å². The van der Waals surface area contributed by atoms with Crippen LogP contribution in [0.15, 0.2) is 64.1 Å². The summed E-state index contributed by atoms with van der Waals surface area (Å²) in [5, 5.41) is 3.53. The van der Waals surface area contributed by atoms with Crippen LogP contribution in [0.2, 0.25) is 0 Å². The number of nitrogens with one attached hydrogen (secondary N) is 1. The summed E-state index contributed by atoms with van der Waals surface area (Å²) >= 11 is 3.47. The first-order valence-electron chi connectivity index (χ1n) is 10.00. The van der Waals surface area contributed by atoms with Crippen LogP contribution in [-0.4, -0.2) is 43.1 Å². The topological polar surface area (TPSA) is 53.9 Å². The van der Waals surface area contributed by atoms with E-state index in [0.717, 1.165) is 29.0 Å². The minimum Gasteiger partial charge on any atom is -0.469 e. The number of aliphatic imine (C=N–C) groups is 1. The second-order valence-corrected chi connectivity index (χ2v) is 8.11. The van der Waals surface area contributed by atoms with E-state index in [1.807, 2.05) is 42.5 Å². The van der Waals surface area contributed by atoms with Gasteiger partial charge in [0.05, 0.1) is 13.2 Å². The highest BCUT2D eigenvalue weighted by atomic mass is 79.9. The molecular formula is C23H28BrN3O2. The molecule has 1 heterocycles. The van der Waals surface area contributed by atoms with Crippen LogP contribution in [0.4, 0.5) is 0 Å². The van der Waals surface area contributed by atoms with Gasteiger partial charge in [-0.25, -0.2) is 0 Å². The second kappa shape index (κ2) is 9.92. The first-order valence-corrected chi connectivity index (χ1v) is 10.8. The van der Waals surface area contributed by atoms with E-state index in [2.05, 4.69) is 52.1 Å². The number of methoxy groups -OCH3 is 1. The van der Waals surface area contributed by atoms with Crippen molar-refractivity contribution in [3.05, 3.63) is 70.2 Å². The van der Waals surface area contributed by atoms with Crippen LogP contribution in [0.3, 0.4) is 0 Å². The van der Waals surface area contributed by atoms with Crippen molar-refractivity contribution in [3.8, 4) is 0 Å². The highest BCUT2D eigenvalue weighted by molar-refractivity contribution is 9.10. The maximum atomic E-state index is 12.6. The smallest absolute Gasteiger partial charge is 0.313 e. The standard InChI is InChI=1S/C23H28BrN3O2/c1-4-27-16(2)20(22(28)29-3)21(18-8-6-5-7-9-18)26-23(27)25-15-14-17-10-12-19(24)13-11-17/h5-13,16,20-21H,4,14-15H2,1-3H3,(H,25,26)/t16-,20-,21+/m1/s1. The minimum atomic E-state index is -0.312. The third kappa shape index (κ3) is 4.99. The lowest BCUT2D eigenvalue weighted by molar-refractivity contribution is -0.149. The molecule has 2 aromatic rings. The maximum absolute atomic E-state index is 12.6. The monoisotopic (exact) mass is 457 g/mol. The highest BCUT2D eigenvalue weighted by Crippen LogP contribution is 2.32. The number of nitrogens with zero attached hydrogens (tertiary/aromatic N) is 2. The second-order valence-electron chi connectivity index (χ2n) is 7.19. The molecule has 3 atom stereocenters. The van der Waals surface area contributed by atoms with Crippen LogP contribution in [0.1, 0.15) is 31.0 Å². The predicted molar refractivity (Wildman–Crippen MR) is 120 cm³/mol. The Morgan fingerprint density at radius 3 is 2.48 bits per heavy atom. The van der Waals surface area contributed by atoms with Crippen molar-refractivity contribution >= 4 is 27.9 Å². The van der Waals surface area contributed by atoms with E-state index in [-0.39, 0.29) is 24.0 Å². The molecule has 0 radical (unpaired) electrons. The number of carbonyl (C=O) groups is 1. The van der Waals surface area contributed by atoms with Gasteiger partial charge in [-0.2, -0.15) is 0 Å². The molecule has 29 heavy (non-hydrogen) atoms. The Balaban J connectivity index is 1.84. The van der Waals surface area contributed by atoms with Crippen LogP contribution >= 0.6 is 15.9 Å². The molecule has 0 aliphatic carbocycles. The van der Waals surface area contributed by atoms with E-state index in [9.17, 15) is 4.79 Å². The Hall–Kier alpha value is -2.34. The highest BCUT2D eigenvalue weighted by Gasteiger charge is 2.43. The molecule has 0 bridgehead atoms. The quantitative estimate of drug-likeness (QED) is 0.660. The fourth-order valence-corrected chi connectivity index (χ4v) is 4.18. The zero-order chi connectivity index (χ0) is 20.8. The zero-order valence-electron chi connectivity index (χ0n) is 17.1. The Morgan fingerprint density at radius 2 is 1.86 bits per heavy atom. The Kier molecular flexibility index (Phi) is 7.31. The normalized spacial score (nSPS) is 23.0. The van der Waals surface area contributed by atoms with E-state index in [1.165, 1.54) is 12.7 Å². The molecule has 0 unspecified atom stereocenters. The summed E-state index contributed by atoms with van der Waals surface area (Å²) in [5.74, 6) is 0.324. The summed E-state index contributed by atoms with van der Waals surface area (Å²) in [4.78, 5) is 19.6. The fraction of sp³-hybridized carbons (Fsp3) is 0.391. The maximum Gasteiger partial charge on any atom is 0.313 e. The van der Waals surface area contributed by atoms with Crippen molar-refractivity contribution in [2.24, 2.45) is 10.9 Å². The number of benzene rings is 2. The molecule has 6 heteroatoms. The Labute approximate surface area is 181 Å². The average molecular weight is 458 g/mol. The molecule has 3 rings (SSSR count). The van der Waals surface area contributed by atoms with Gasteiger partial charge in [-0.1, -0.05) is 58.4 Å². The van der Waals surface area contributed by atoms with Gasteiger partial charge in [-0.15, -0.1) is 0 Å². The van der Waals surface area contributed by atoms with Crippen LogP contribution in [-0.2, 0) is 16.0 Å². The van der Waals surface area contributed by atoms with Gasteiger partial charge in [0, 0.05) is 23.6 Å². The van der Waals surface area contributed by atoms with Gasteiger partial charge in [0.1, 0.15) is 5.92 Å². The summed E-state index contributed by atoms with van der Waals surface area (Å²) in [5.41, 5.74) is 2.31. The van der Waals surface area contributed by atoms with Crippen molar-refractivity contribution in [1.82, 2.24) is 10.2 Å². The molecule has 0 saturated carbocycles. The molecule has 0 amide bonds. The number of rotatable bonds is 6. The molecule has 1 aliphatic heterocycles. The van der Waals surface area contributed by atoms with Gasteiger partial charge in [0.2, 0.25) is 0 Å². The summed E-state index contributed by atoms with van der Waals surface area (Å²) in [7, 11) is 1.45. The van der Waals surface area contributed by atoms with E-state index < -0.39 is 0 Å². The summed E-state index contributed by atoms with van der Waals surface area (Å²) in [6.07, 6.45) is 0.862. The number of hydrogen-bond donors (Lipinski definition) is 1. The number of hydrogen-bond acceptors (Lipinski definition) is 3. The largest absolute Gasteiger partial charge is 0.469 e. The minimum absolute atomic E-state index is 0.0228. The van der Waals surface area contributed by atoms with Gasteiger partial charge < -0.3 is 15.0 Å². The molecule has 154 valence electrons. The Bertz CT molecular complexity index is 839. The number of esters is 1. The van der Waals surface area contributed by atoms with E-state index in [1.54, 1.807) is 0 Å². The molecule has 0 aromatic heterocycles. The van der Waals surface area contributed by atoms with E-state index in [4.69, 9.17) is 9.73 Å². The molecule has 0 spiro atoms. The van der Waals surface area contributed by atoms with E-state index in [0.29, 0.717) is 6.54 Å². The summed E-state index contributed by atoms with van der Waals surface area (Å²) in [6, 6.07) is 18.2. The van der Waals surface area contributed by atoms with Crippen LogP contribution in [0.5, 0.6) is 0 Å². The summed E-state index contributed by atoms with van der Waals surface area (Å²) in [6.45, 7) is 5.60. The van der Waals surface area contributed by atoms with Crippen molar-refractivity contribution in [2.45, 2.75) is 32.4 Å². The van der Waals surface area contributed by atoms with E-state index >= 15 is 0 Å². The lowest BCUT2D eigenvalue weighted by Gasteiger charge is -2.45. The Morgan fingerprint density at radius 1 is 1.17 bits per heavy atom. The molecule has 1 fully saturated rings.